The smallest absolute Gasteiger partial charge is 0.230 e. The lowest BCUT2D eigenvalue weighted by Crippen LogP contribution is -2.15. The molecule has 0 aliphatic carbocycles. The van der Waals surface area contributed by atoms with Crippen LogP contribution in [0.2, 0.25) is 0 Å². The predicted octanol–water partition coefficient (Wildman–Crippen LogP) is 2.28. The highest BCUT2D eigenvalue weighted by atomic mass is 16.1. The van der Waals surface area contributed by atoms with E-state index in [4.69, 9.17) is 0 Å². The van der Waals surface area contributed by atoms with Gasteiger partial charge in [0, 0.05) is 17.8 Å². The number of benzene rings is 1. The average Bonchev–Trinajstić information content (AvgIpc) is 3.15. The topological polar surface area (TPSA) is 77.6 Å². The van der Waals surface area contributed by atoms with Crippen LogP contribution in [-0.2, 0) is 17.8 Å². The molecule has 1 N–H and O–H groups in total. The summed E-state index contributed by atoms with van der Waals surface area (Å²) in [5.74, 6) is 0.305. The predicted molar refractivity (Wildman–Crippen MR) is 91.1 cm³/mol. The summed E-state index contributed by atoms with van der Waals surface area (Å²) < 4.78 is 3.53. The minimum atomic E-state index is -0.128. The highest BCUT2D eigenvalue weighted by molar-refractivity contribution is 5.91. The van der Waals surface area contributed by atoms with Crippen LogP contribution in [0, 0.1) is 13.8 Å². The van der Waals surface area contributed by atoms with E-state index in [-0.39, 0.29) is 12.3 Å². The normalized spacial score (nSPS) is 10.8. The second-order valence-electron chi connectivity index (χ2n) is 5.57. The summed E-state index contributed by atoms with van der Waals surface area (Å²) in [6.45, 7) is 6.73. The van der Waals surface area contributed by atoms with Gasteiger partial charge in [-0.05, 0) is 32.9 Å². The van der Waals surface area contributed by atoms with Crippen LogP contribution in [0.3, 0.4) is 0 Å². The van der Waals surface area contributed by atoms with Crippen LogP contribution in [-0.4, -0.2) is 30.7 Å². The molecule has 124 valence electrons. The lowest BCUT2D eigenvalue weighted by Gasteiger charge is -2.03. The molecule has 1 aromatic carbocycles. The number of carbonyl (C=O) groups is 1. The summed E-state index contributed by atoms with van der Waals surface area (Å²) in [5.41, 5.74) is 3.77. The van der Waals surface area contributed by atoms with E-state index in [1.54, 1.807) is 10.9 Å². The van der Waals surface area contributed by atoms with Gasteiger partial charge in [0.1, 0.15) is 0 Å². The first kappa shape index (κ1) is 15.9. The molecule has 0 saturated heterocycles. The van der Waals surface area contributed by atoms with Gasteiger partial charge in [-0.25, -0.2) is 4.68 Å². The van der Waals surface area contributed by atoms with Gasteiger partial charge in [0.25, 0.3) is 0 Å². The fourth-order valence-electron chi connectivity index (χ4n) is 2.67. The number of nitrogens with zero attached hydrogens (tertiary/aromatic N) is 5. The zero-order chi connectivity index (χ0) is 17.1. The van der Waals surface area contributed by atoms with E-state index in [2.05, 4.69) is 20.7 Å². The Morgan fingerprint density at radius 1 is 1.21 bits per heavy atom. The van der Waals surface area contributed by atoms with Gasteiger partial charge in [-0.2, -0.15) is 5.10 Å². The lowest BCUT2D eigenvalue weighted by molar-refractivity contribution is -0.115. The molecule has 0 unspecified atom stereocenters. The third-order valence-corrected chi connectivity index (χ3v) is 3.95. The zero-order valence-corrected chi connectivity index (χ0v) is 14.0. The molecule has 0 spiro atoms. The summed E-state index contributed by atoms with van der Waals surface area (Å²) >= 11 is 0. The maximum absolute atomic E-state index is 12.3. The summed E-state index contributed by atoms with van der Waals surface area (Å²) in [5, 5.41) is 15.3. The third-order valence-electron chi connectivity index (χ3n) is 3.95. The largest absolute Gasteiger partial charge is 0.308 e. The standard InChI is InChI=1S/C17H20N6O/c1-4-22-13(3)15(12(2)20-22)10-17(24)18-16-11-23(21-19-16)14-8-6-5-7-9-14/h5-9,11H,4,10H2,1-3H3,(H,18,24). The van der Waals surface area contributed by atoms with Gasteiger partial charge in [-0.15, -0.1) is 5.10 Å². The Hall–Kier alpha value is -2.96. The third kappa shape index (κ3) is 3.19. The number of rotatable bonds is 5. The highest BCUT2D eigenvalue weighted by Crippen LogP contribution is 2.15. The van der Waals surface area contributed by atoms with Gasteiger partial charge in [0.15, 0.2) is 5.82 Å². The SMILES string of the molecule is CCn1nc(C)c(CC(=O)Nc2cn(-c3ccccc3)nn2)c1C. The van der Waals surface area contributed by atoms with E-state index in [9.17, 15) is 4.79 Å². The van der Waals surface area contributed by atoms with Crippen molar-refractivity contribution in [2.24, 2.45) is 0 Å². The first-order valence-corrected chi connectivity index (χ1v) is 7.89. The van der Waals surface area contributed by atoms with E-state index in [1.807, 2.05) is 55.8 Å². The number of hydrogen-bond acceptors (Lipinski definition) is 4. The van der Waals surface area contributed by atoms with Crippen LogP contribution in [0.5, 0.6) is 0 Å². The van der Waals surface area contributed by atoms with Crippen LogP contribution < -0.4 is 5.32 Å². The van der Waals surface area contributed by atoms with Crippen molar-refractivity contribution >= 4 is 11.7 Å². The van der Waals surface area contributed by atoms with Crippen LogP contribution in [0.1, 0.15) is 23.9 Å². The number of hydrogen-bond donors (Lipinski definition) is 1. The molecule has 1 amide bonds. The first-order valence-electron chi connectivity index (χ1n) is 7.89. The number of nitrogens with one attached hydrogen (secondary N) is 1. The lowest BCUT2D eigenvalue weighted by atomic mass is 10.1. The Labute approximate surface area is 140 Å². The van der Waals surface area contributed by atoms with Crippen LogP contribution >= 0.6 is 0 Å². The second-order valence-corrected chi connectivity index (χ2v) is 5.57. The minimum absolute atomic E-state index is 0.128. The Morgan fingerprint density at radius 3 is 2.62 bits per heavy atom. The van der Waals surface area contributed by atoms with Gasteiger partial charge in [0.2, 0.25) is 5.91 Å². The monoisotopic (exact) mass is 324 g/mol. The number of amides is 1. The van der Waals surface area contributed by atoms with Crippen LogP contribution in [0.4, 0.5) is 5.82 Å². The van der Waals surface area contributed by atoms with E-state index >= 15 is 0 Å². The van der Waals surface area contributed by atoms with Gasteiger partial charge in [-0.1, -0.05) is 23.4 Å². The van der Waals surface area contributed by atoms with Gasteiger partial charge >= 0.3 is 0 Å². The number of para-hydroxylation sites is 1. The summed E-state index contributed by atoms with van der Waals surface area (Å²) in [6.07, 6.45) is 1.97. The Bertz CT molecular complexity index is 849. The van der Waals surface area contributed by atoms with Crippen molar-refractivity contribution in [1.29, 1.82) is 0 Å². The Morgan fingerprint density at radius 2 is 1.96 bits per heavy atom. The molecular weight excluding hydrogens is 304 g/mol. The highest BCUT2D eigenvalue weighted by Gasteiger charge is 2.15. The Balaban J connectivity index is 1.70. The Kier molecular flexibility index (Phi) is 4.41. The molecule has 0 atom stereocenters. The quantitative estimate of drug-likeness (QED) is 0.781. The minimum Gasteiger partial charge on any atom is -0.308 e. The van der Waals surface area contributed by atoms with Crippen molar-refractivity contribution < 1.29 is 4.79 Å². The number of aryl methyl sites for hydroxylation is 2. The van der Waals surface area contributed by atoms with E-state index in [0.717, 1.165) is 29.2 Å². The fourth-order valence-corrected chi connectivity index (χ4v) is 2.67. The molecule has 0 fully saturated rings. The van der Waals surface area contributed by atoms with Crippen molar-refractivity contribution in [3.63, 3.8) is 0 Å². The van der Waals surface area contributed by atoms with Crippen LogP contribution in [0.15, 0.2) is 36.5 Å². The molecule has 0 radical (unpaired) electrons. The van der Waals surface area contributed by atoms with Crippen LogP contribution in [0.25, 0.3) is 5.69 Å². The van der Waals surface area contributed by atoms with Gasteiger partial charge in [0.05, 0.1) is 24.0 Å². The summed E-state index contributed by atoms with van der Waals surface area (Å²) in [4.78, 5) is 12.3. The number of anilines is 1. The first-order chi connectivity index (χ1) is 11.6. The molecule has 0 aliphatic heterocycles. The average molecular weight is 324 g/mol. The van der Waals surface area contributed by atoms with E-state index < -0.39 is 0 Å². The van der Waals surface area contributed by atoms with Crippen molar-refractivity contribution in [1.82, 2.24) is 24.8 Å². The molecule has 24 heavy (non-hydrogen) atoms. The zero-order valence-electron chi connectivity index (χ0n) is 14.0. The molecule has 7 nitrogen and oxygen atoms in total. The molecule has 2 aromatic heterocycles. The number of carbonyl (C=O) groups excluding carboxylic acids is 1. The molecule has 0 aliphatic rings. The maximum Gasteiger partial charge on any atom is 0.230 e. The van der Waals surface area contributed by atoms with Crippen molar-refractivity contribution in [3.05, 3.63) is 53.5 Å². The van der Waals surface area contributed by atoms with E-state index in [0.29, 0.717) is 5.82 Å². The van der Waals surface area contributed by atoms with Crippen molar-refractivity contribution in [2.75, 3.05) is 5.32 Å². The molecule has 3 aromatic rings. The molecule has 7 heteroatoms. The molecule has 0 bridgehead atoms. The fraction of sp³-hybridized carbons (Fsp3) is 0.294. The summed E-state index contributed by atoms with van der Waals surface area (Å²) in [7, 11) is 0. The maximum atomic E-state index is 12.3. The number of aromatic nitrogens is 5. The van der Waals surface area contributed by atoms with Gasteiger partial charge in [-0.3, -0.25) is 9.48 Å². The van der Waals surface area contributed by atoms with Gasteiger partial charge < -0.3 is 5.32 Å². The van der Waals surface area contributed by atoms with Crippen molar-refractivity contribution in [2.45, 2.75) is 33.7 Å². The summed E-state index contributed by atoms with van der Waals surface area (Å²) in [6, 6.07) is 9.63. The van der Waals surface area contributed by atoms with Crippen molar-refractivity contribution in [3.8, 4) is 5.69 Å². The molecule has 0 saturated carbocycles. The molecular formula is C17H20N6O. The van der Waals surface area contributed by atoms with E-state index in [1.165, 1.54) is 0 Å². The molecule has 2 heterocycles. The molecule has 3 rings (SSSR count). The second kappa shape index (κ2) is 6.66.